The summed E-state index contributed by atoms with van der Waals surface area (Å²) < 4.78 is 53.7. The lowest BCUT2D eigenvalue weighted by Gasteiger charge is -2.20. The molecule has 0 radical (unpaired) electrons. The second kappa shape index (κ2) is 14.1. The Balaban J connectivity index is 1.82. The molecule has 0 fully saturated rings. The van der Waals surface area contributed by atoms with Crippen molar-refractivity contribution in [3.05, 3.63) is 59.4 Å². The number of aromatic nitrogens is 2. The maximum absolute atomic E-state index is 16.4. The van der Waals surface area contributed by atoms with Gasteiger partial charge in [-0.1, -0.05) is 33.8 Å². The molecule has 0 aliphatic rings. The molecule has 0 unspecified atom stereocenters. The summed E-state index contributed by atoms with van der Waals surface area (Å²) in [6, 6.07) is 8.30. The Morgan fingerprint density at radius 1 is 0.787 bits per heavy atom. The van der Waals surface area contributed by atoms with Gasteiger partial charge in [0.15, 0.2) is 17.3 Å². The van der Waals surface area contributed by atoms with Crippen molar-refractivity contribution in [1.29, 1.82) is 0 Å². The van der Waals surface area contributed by atoms with Crippen molar-refractivity contribution < 1.29 is 42.1 Å². The van der Waals surface area contributed by atoms with Crippen LogP contribution < -0.4 is 20.1 Å². The molecule has 2 N–H and O–H groups in total. The number of hydrogen-bond acceptors (Lipinski definition) is 9. The number of halogens is 2. The zero-order valence-electron chi connectivity index (χ0n) is 27.5. The summed E-state index contributed by atoms with van der Waals surface area (Å²) in [6.07, 6.45) is -0.882. The number of rotatable bonds is 10. The highest BCUT2D eigenvalue weighted by Crippen LogP contribution is 2.37. The zero-order chi connectivity index (χ0) is 34.6. The van der Waals surface area contributed by atoms with Crippen LogP contribution in [0, 0.1) is 23.5 Å². The lowest BCUT2D eigenvalue weighted by Crippen LogP contribution is -2.27. The third-order valence-corrected chi connectivity index (χ3v) is 6.40. The Morgan fingerprint density at radius 3 is 1.81 bits per heavy atom. The smallest absolute Gasteiger partial charge is 0.412 e. The number of carbonyl (C=O) groups is 3. The first kappa shape index (κ1) is 34.8. The molecule has 0 atom stereocenters. The minimum atomic E-state index is -0.936. The third-order valence-electron chi connectivity index (χ3n) is 6.40. The van der Waals surface area contributed by atoms with Gasteiger partial charge in [0.2, 0.25) is 0 Å². The number of ether oxygens (including phenoxy) is 4. The highest BCUT2D eigenvalue weighted by molar-refractivity contribution is 6.08. The van der Waals surface area contributed by atoms with Crippen LogP contribution >= 0.6 is 0 Å². The number of benzene rings is 2. The second-order valence-corrected chi connectivity index (χ2v) is 12.6. The Hall–Kier alpha value is -5.07. The van der Waals surface area contributed by atoms with Crippen molar-refractivity contribution in [2.45, 2.75) is 54.1 Å². The summed E-state index contributed by atoms with van der Waals surface area (Å²) in [6.45, 7) is 13.2. The van der Waals surface area contributed by atoms with Crippen molar-refractivity contribution >= 4 is 51.2 Å². The topological polar surface area (TPSA) is 138 Å². The molecule has 2 aromatic heterocycles. The fourth-order valence-electron chi connectivity index (χ4n) is 4.34. The molecule has 4 aromatic rings. The van der Waals surface area contributed by atoms with Crippen LogP contribution in [0.15, 0.2) is 36.4 Å². The zero-order valence-corrected chi connectivity index (χ0v) is 27.5. The number of nitrogens with zero attached hydrogens (tertiary/aromatic N) is 2. The molecule has 0 bridgehead atoms. The van der Waals surface area contributed by atoms with E-state index in [0.29, 0.717) is 0 Å². The molecule has 2 amide bonds. The van der Waals surface area contributed by atoms with Crippen LogP contribution in [-0.2, 0) is 9.47 Å². The number of carbonyl (C=O) groups excluding carboxylic acids is 3. The van der Waals surface area contributed by atoms with Crippen molar-refractivity contribution in [3.8, 4) is 11.5 Å². The molecule has 0 saturated heterocycles. The normalized spacial score (nSPS) is 11.6. The molecule has 0 spiro atoms. The van der Waals surface area contributed by atoms with E-state index >= 15 is 8.78 Å². The summed E-state index contributed by atoms with van der Waals surface area (Å²) >= 11 is 0. The van der Waals surface area contributed by atoms with Crippen molar-refractivity contribution in [2.24, 2.45) is 11.8 Å². The van der Waals surface area contributed by atoms with Crippen molar-refractivity contribution in [2.75, 3.05) is 31.0 Å². The van der Waals surface area contributed by atoms with Crippen LogP contribution in [0.4, 0.5) is 25.0 Å². The van der Waals surface area contributed by atoms with E-state index in [1.165, 1.54) is 37.4 Å². The van der Waals surface area contributed by atoms with Crippen LogP contribution in [0.1, 0.15) is 69.4 Å². The number of hydrogen-bond donors (Lipinski definition) is 2. The summed E-state index contributed by atoms with van der Waals surface area (Å²) in [5.74, 6) is -3.01. The standard InChI is InChI=1S/C34H38F2N4O7/c1-17(2)15-45-25-13-23(31(41)39-21-10-9-11-22(27(21)35)40-33(43)47-34(5,6)7)37-29-19(25)12-20-26(46-16-18(3)4)14-24(32(42)44-8)38-30(20)28(29)36/h9-14,17-18H,15-16H2,1-8H3,(H,39,41)(H,40,43). The molecule has 0 saturated carbocycles. The van der Waals surface area contributed by atoms with E-state index < -0.39 is 35.2 Å². The molecule has 2 aromatic carbocycles. The van der Waals surface area contributed by atoms with Gasteiger partial charge in [0.25, 0.3) is 5.91 Å². The first-order valence-electron chi connectivity index (χ1n) is 15.0. The number of methoxy groups -OCH3 is 1. The number of pyridine rings is 2. The van der Waals surface area contributed by atoms with Gasteiger partial charge < -0.3 is 24.3 Å². The van der Waals surface area contributed by atoms with Crippen LogP contribution in [0.2, 0.25) is 0 Å². The first-order chi connectivity index (χ1) is 22.1. The lowest BCUT2D eigenvalue weighted by molar-refractivity contribution is 0.0591. The molecule has 2 heterocycles. The van der Waals surface area contributed by atoms with Gasteiger partial charge >= 0.3 is 12.1 Å². The summed E-state index contributed by atoms with van der Waals surface area (Å²) in [4.78, 5) is 46.5. The summed E-state index contributed by atoms with van der Waals surface area (Å²) in [7, 11) is 1.18. The van der Waals surface area contributed by atoms with E-state index in [-0.39, 0.29) is 81.1 Å². The quantitative estimate of drug-likeness (QED) is 0.132. The van der Waals surface area contributed by atoms with E-state index in [1.807, 2.05) is 27.7 Å². The number of nitrogens with one attached hydrogen (secondary N) is 2. The Bertz CT molecular complexity index is 1840. The molecule has 4 rings (SSSR count). The number of fused-ring (bicyclic) bond motifs is 2. The fourth-order valence-corrected chi connectivity index (χ4v) is 4.34. The van der Waals surface area contributed by atoms with Gasteiger partial charge in [-0.15, -0.1) is 0 Å². The van der Waals surface area contributed by atoms with Crippen molar-refractivity contribution in [1.82, 2.24) is 9.97 Å². The molecule has 0 aliphatic heterocycles. The average Bonchev–Trinajstić information content (AvgIpc) is 2.99. The van der Waals surface area contributed by atoms with E-state index in [4.69, 9.17) is 18.9 Å². The predicted molar refractivity (Wildman–Crippen MR) is 173 cm³/mol. The minimum absolute atomic E-state index is 0.0734. The molecular weight excluding hydrogens is 614 g/mol. The number of esters is 1. The molecule has 250 valence electrons. The highest BCUT2D eigenvalue weighted by Gasteiger charge is 2.24. The van der Waals surface area contributed by atoms with E-state index in [1.54, 1.807) is 26.8 Å². The van der Waals surface area contributed by atoms with Gasteiger partial charge in [-0.3, -0.25) is 10.1 Å². The van der Waals surface area contributed by atoms with E-state index in [0.717, 1.165) is 0 Å². The van der Waals surface area contributed by atoms with Crippen LogP contribution in [-0.4, -0.2) is 53.9 Å². The van der Waals surface area contributed by atoms with Gasteiger partial charge in [-0.25, -0.2) is 28.3 Å². The fraction of sp³-hybridized carbons (Fsp3) is 0.382. The average molecular weight is 653 g/mol. The van der Waals surface area contributed by atoms with Gasteiger partial charge in [-0.2, -0.15) is 0 Å². The Labute approximate surface area is 270 Å². The second-order valence-electron chi connectivity index (χ2n) is 12.6. The molecule has 13 heteroatoms. The minimum Gasteiger partial charge on any atom is -0.493 e. The molecule has 0 aliphatic carbocycles. The largest absolute Gasteiger partial charge is 0.493 e. The predicted octanol–water partition coefficient (Wildman–Crippen LogP) is 7.52. The van der Waals surface area contributed by atoms with E-state index in [9.17, 15) is 14.4 Å². The first-order valence-corrected chi connectivity index (χ1v) is 15.0. The molecule has 11 nitrogen and oxygen atoms in total. The maximum Gasteiger partial charge on any atom is 0.412 e. The van der Waals surface area contributed by atoms with Gasteiger partial charge in [-0.05, 0) is 50.8 Å². The monoisotopic (exact) mass is 652 g/mol. The number of anilines is 2. The maximum atomic E-state index is 16.4. The SMILES string of the molecule is COC(=O)c1cc(OCC(C)C)c2cc3c(OCC(C)C)cc(C(=O)Nc4cccc(NC(=O)OC(C)(C)C)c4F)nc3c(F)c2n1. The lowest BCUT2D eigenvalue weighted by atomic mass is 10.1. The third kappa shape index (κ3) is 8.40. The van der Waals surface area contributed by atoms with E-state index in [2.05, 4.69) is 20.6 Å². The van der Waals surface area contributed by atoms with Crippen LogP contribution in [0.3, 0.4) is 0 Å². The van der Waals surface area contributed by atoms with Gasteiger partial charge in [0, 0.05) is 22.9 Å². The molecular formula is C34H38F2N4O7. The Morgan fingerprint density at radius 2 is 1.30 bits per heavy atom. The summed E-state index contributed by atoms with van der Waals surface area (Å²) in [5, 5.41) is 5.23. The van der Waals surface area contributed by atoms with Crippen LogP contribution in [0.5, 0.6) is 11.5 Å². The van der Waals surface area contributed by atoms with Crippen molar-refractivity contribution in [3.63, 3.8) is 0 Å². The van der Waals surface area contributed by atoms with Gasteiger partial charge in [0.1, 0.15) is 33.8 Å². The Kier molecular flexibility index (Phi) is 10.5. The number of amides is 2. The van der Waals surface area contributed by atoms with Crippen LogP contribution in [0.25, 0.3) is 21.8 Å². The summed E-state index contributed by atoms with van der Waals surface area (Å²) in [5.41, 5.74) is -2.30. The highest BCUT2D eigenvalue weighted by atomic mass is 19.1. The van der Waals surface area contributed by atoms with Gasteiger partial charge in [0.05, 0.1) is 31.7 Å². The molecule has 47 heavy (non-hydrogen) atoms.